The fourth-order valence-corrected chi connectivity index (χ4v) is 4.31. The van der Waals surface area contributed by atoms with Crippen LogP contribution in [0.15, 0.2) is 0 Å². The summed E-state index contributed by atoms with van der Waals surface area (Å²) in [6.07, 6.45) is 13.1. The average molecular weight is 315 g/mol. The maximum absolute atomic E-state index is 12.3. The fraction of sp³-hybridized carbons (Fsp3) is 0.941. The van der Waals surface area contributed by atoms with Crippen LogP contribution in [0.2, 0.25) is 0 Å². The van der Waals surface area contributed by atoms with Gasteiger partial charge in [0.05, 0.1) is 0 Å². The molecule has 1 saturated heterocycles. The maximum Gasteiger partial charge on any atom is 0.223 e. The second kappa shape index (κ2) is 7.82. The molecule has 0 bridgehead atoms. The third kappa shape index (κ3) is 4.35. The second-order valence-corrected chi connectivity index (χ2v) is 7.33. The number of nitrogens with one attached hydrogen (secondary N) is 2. The molecule has 1 aliphatic heterocycles. The Morgan fingerprint density at radius 3 is 2.33 bits per heavy atom. The third-order valence-corrected chi connectivity index (χ3v) is 5.90. The molecule has 1 atom stereocenters. The highest BCUT2D eigenvalue weighted by Gasteiger charge is 2.57. The summed E-state index contributed by atoms with van der Waals surface area (Å²) in [5.74, 6) is 1.43. The van der Waals surface area contributed by atoms with Gasteiger partial charge in [0.2, 0.25) is 5.91 Å². The molecule has 3 rings (SSSR count). The summed E-state index contributed by atoms with van der Waals surface area (Å²) in [6, 6.07) is 0. The molecule has 2 aliphatic carbocycles. The van der Waals surface area contributed by atoms with Gasteiger partial charge in [0, 0.05) is 12.5 Å². The highest BCUT2D eigenvalue weighted by molar-refractivity contribution is 5.85. The Balaban J connectivity index is 0.00000161. The number of halogens is 1. The molecule has 3 aliphatic rings. The van der Waals surface area contributed by atoms with Crippen LogP contribution in [0.5, 0.6) is 0 Å². The summed E-state index contributed by atoms with van der Waals surface area (Å²) >= 11 is 0. The van der Waals surface area contributed by atoms with Crippen LogP contribution in [0.1, 0.15) is 64.2 Å². The number of rotatable bonds is 3. The lowest BCUT2D eigenvalue weighted by Crippen LogP contribution is -2.35. The van der Waals surface area contributed by atoms with E-state index in [9.17, 15) is 4.79 Å². The van der Waals surface area contributed by atoms with Gasteiger partial charge >= 0.3 is 0 Å². The molecular formula is C17H31ClN2O. The fourth-order valence-electron chi connectivity index (χ4n) is 4.31. The van der Waals surface area contributed by atoms with Gasteiger partial charge in [-0.25, -0.2) is 0 Å². The van der Waals surface area contributed by atoms with Gasteiger partial charge < -0.3 is 10.6 Å². The Morgan fingerprint density at radius 1 is 1.05 bits per heavy atom. The van der Waals surface area contributed by atoms with Crippen LogP contribution in [0.25, 0.3) is 0 Å². The van der Waals surface area contributed by atoms with Crippen LogP contribution in [-0.2, 0) is 4.79 Å². The standard InChI is InChI=1S/C17H30N2O.ClH/c20-16(15-12-17(15)8-10-18-11-9-17)19-13-14-6-4-2-1-3-5-7-14;/h14-15,18H,1-13H2,(H,19,20);1H. The summed E-state index contributed by atoms with van der Waals surface area (Å²) in [6.45, 7) is 3.14. The van der Waals surface area contributed by atoms with E-state index in [4.69, 9.17) is 0 Å². The number of piperidine rings is 1. The highest BCUT2D eigenvalue weighted by Crippen LogP contribution is 2.58. The van der Waals surface area contributed by atoms with Crippen molar-refractivity contribution in [1.82, 2.24) is 10.6 Å². The van der Waals surface area contributed by atoms with Crippen LogP contribution in [-0.4, -0.2) is 25.5 Å². The average Bonchev–Trinajstić information content (AvgIpc) is 3.11. The molecule has 21 heavy (non-hydrogen) atoms. The van der Waals surface area contributed by atoms with E-state index in [2.05, 4.69) is 10.6 Å². The number of carbonyl (C=O) groups is 1. The first-order chi connectivity index (χ1) is 9.80. The maximum atomic E-state index is 12.3. The Labute approximate surface area is 135 Å². The van der Waals surface area contributed by atoms with Gasteiger partial charge in [-0.1, -0.05) is 32.1 Å². The predicted molar refractivity (Wildman–Crippen MR) is 88.7 cm³/mol. The Kier molecular flexibility index (Phi) is 6.36. The van der Waals surface area contributed by atoms with Crippen molar-refractivity contribution in [2.75, 3.05) is 19.6 Å². The van der Waals surface area contributed by atoms with Crippen molar-refractivity contribution in [3.63, 3.8) is 0 Å². The highest BCUT2D eigenvalue weighted by atomic mass is 35.5. The van der Waals surface area contributed by atoms with E-state index >= 15 is 0 Å². The molecule has 1 spiro atoms. The summed E-state index contributed by atoms with van der Waals surface area (Å²) in [4.78, 5) is 12.3. The van der Waals surface area contributed by atoms with E-state index < -0.39 is 0 Å². The zero-order chi connectivity index (χ0) is 13.8. The van der Waals surface area contributed by atoms with Crippen molar-refractivity contribution in [2.24, 2.45) is 17.3 Å². The first-order valence-electron chi connectivity index (χ1n) is 8.79. The molecular weight excluding hydrogens is 284 g/mol. The van der Waals surface area contributed by atoms with Crippen LogP contribution >= 0.6 is 12.4 Å². The van der Waals surface area contributed by atoms with E-state index in [0.29, 0.717) is 17.2 Å². The summed E-state index contributed by atoms with van der Waals surface area (Å²) in [5, 5.41) is 6.68. The lowest BCUT2D eigenvalue weighted by atomic mass is 9.90. The molecule has 1 heterocycles. The molecule has 2 saturated carbocycles. The van der Waals surface area contributed by atoms with E-state index in [1.165, 1.54) is 57.8 Å². The second-order valence-electron chi connectivity index (χ2n) is 7.33. The minimum absolute atomic E-state index is 0. The molecule has 0 aromatic rings. The van der Waals surface area contributed by atoms with Crippen LogP contribution in [0, 0.1) is 17.3 Å². The zero-order valence-electron chi connectivity index (χ0n) is 13.2. The molecule has 0 aromatic heterocycles. The molecule has 3 fully saturated rings. The van der Waals surface area contributed by atoms with Gasteiger partial charge in [-0.15, -0.1) is 12.4 Å². The molecule has 1 amide bonds. The lowest BCUT2D eigenvalue weighted by molar-refractivity contribution is -0.123. The minimum Gasteiger partial charge on any atom is -0.356 e. The molecule has 0 aromatic carbocycles. The van der Waals surface area contributed by atoms with Gasteiger partial charge in [-0.2, -0.15) is 0 Å². The summed E-state index contributed by atoms with van der Waals surface area (Å²) in [7, 11) is 0. The first-order valence-corrected chi connectivity index (χ1v) is 8.79. The number of carbonyl (C=O) groups excluding carboxylic acids is 1. The third-order valence-electron chi connectivity index (χ3n) is 5.90. The van der Waals surface area contributed by atoms with Crippen molar-refractivity contribution in [2.45, 2.75) is 64.2 Å². The number of amides is 1. The molecule has 2 N–H and O–H groups in total. The van der Waals surface area contributed by atoms with Crippen molar-refractivity contribution in [3.05, 3.63) is 0 Å². The molecule has 0 radical (unpaired) electrons. The van der Waals surface area contributed by atoms with Gasteiger partial charge in [0.25, 0.3) is 0 Å². The van der Waals surface area contributed by atoms with Crippen molar-refractivity contribution >= 4 is 18.3 Å². The normalized spacial score (nSPS) is 29.0. The van der Waals surface area contributed by atoms with Crippen LogP contribution in [0.3, 0.4) is 0 Å². The van der Waals surface area contributed by atoms with Gasteiger partial charge in [0.15, 0.2) is 0 Å². The van der Waals surface area contributed by atoms with E-state index in [-0.39, 0.29) is 12.4 Å². The Hall–Kier alpha value is -0.280. The molecule has 3 nitrogen and oxygen atoms in total. The van der Waals surface area contributed by atoms with Gasteiger partial charge in [-0.3, -0.25) is 4.79 Å². The summed E-state index contributed by atoms with van der Waals surface area (Å²) < 4.78 is 0. The van der Waals surface area contributed by atoms with E-state index in [0.717, 1.165) is 32.0 Å². The predicted octanol–water partition coefficient (Wildman–Crippen LogP) is 3.27. The number of hydrogen-bond donors (Lipinski definition) is 2. The monoisotopic (exact) mass is 314 g/mol. The quantitative estimate of drug-likeness (QED) is 0.839. The zero-order valence-corrected chi connectivity index (χ0v) is 14.0. The molecule has 1 unspecified atom stereocenters. The van der Waals surface area contributed by atoms with Crippen molar-refractivity contribution in [1.29, 1.82) is 0 Å². The smallest absolute Gasteiger partial charge is 0.223 e. The van der Waals surface area contributed by atoms with E-state index in [1.54, 1.807) is 0 Å². The van der Waals surface area contributed by atoms with E-state index in [1.807, 2.05) is 0 Å². The largest absolute Gasteiger partial charge is 0.356 e. The van der Waals surface area contributed by atoms with Crippen LogP contribution < -0.4 is 10.6 Å². The molecule has 122 valence electrons. The molecule has 4 heteroatoms. The van der Waals surface area contributed by atoms with Crippen molar-refractivity contribution < 1.29 is 4.79 Å². The topological polar surface area (TPSA) is 41.1 Å². The SMILES string of the molecule is Cl.O=C(NCC1CCCCCCC1)C1CC12CCNCC2. The number of hydrogen-bond acceptors (Lipinski definition) is 2. The Morgan fingerprint density at radius 2 is 1.67 bits per heavy atom. The first kappa shape index (κ1) is 17.1. The van der Waals surface area contributed by atoms with Gasteiger partial charge in [0.1, 0.15) is 0 Å². The Bertz CT molecular complexity index is 334. The van der Waals surface area contributed by atoms with Crippen molar-refractivity contribution in [3.8, 4) is 0 Å². The van der Waals surface area contributed by atoms with Gasteiger partial charge in [-0.05, 0) is 56.5 Å². The summed E-state index contributed by atoms with van der Waals surface area (Å²) in [5.41, 5.74) is 0.385. The van der Waals surface area contributed by atoms with Crippen LogP contribution in [0.4, 0.5) is 0 Å². The minimum atomic E-state index is 0. The lowest BCUT2D eigenvalue weighted by Gasteiger charge is -2.24.